The maximum atomic E-state index is 10.8. The quantitative estimate of drug-likeness (QED) is 0.881. The third-order valence-electron chi connectivity index (χ3n) is 3.14. The lowest BCUT2D eigenvalue weighted by molar-refractivity contribution is 0.0702. The molecule has 2 unspecified atom stereocenters. The summed E-state index contributed by atoms with van der Waals surface area (Å²) in [6, 6.07) is 4.25. The van der Waals surface area contributed by atoms with Gasteiger partial charge in [-0.3, -0.25) is 4.90 Å². The van der Waals surface area contributed by atoms with Crippen LogP contribution in [0.5, 0.6) is 0 Å². The Labute approximate surface area is 99.7 Å². The average molecular weight is 239 g/mol. The highest BCUT2D eigenvalue weighted by molar-refractivity contribution is 7.13. The topological polar surface area (TPSA) is 40.5 Å². The number of rotatable bonds is 3. The van der Waals surface area contributed by atoms with Crippen LogP contribution in [0.25, 0.3) is 0 Å². The maximum absolute atomic E-state index is 10.8. The number of likely N-dealkylation sites (tertiary alicyclic amines) is 1. The molecule has 1 N–H and O–H groups in total. The third kappa shape index (κ3) is 2.44. The van der Waals surface area contributed by atoms with Crippen molar-refractivity contribution < 1.29 is 9.90 Å². The number of carboxylic acid groups (broad SMARTS) is 1. The largest absolute Gasteiger partial charge is 0.477 e. The number of thiophene rings is 1. The molecule has 0 aliphatic carbocycles. The van der Waals surface area contributed by atoms with Gasteiger partial charge < -0.3 is 5.11 Å². The second-order valence-electron chi connectivity index (χ2n) is 4.69. The number of carboxylic acids is 1. The zero-order valence-corrected chi connectivity index (χ0v) is 10.5. The summed E-state index contributed by atoms with van der Waals surface area (Å²) in [5.41, 5.74) is 0. The standard InChI is InChI=1S/C12H17NO2S/c1-8-5-9(2)13(6-8)7-10-3-4-11(16-10)12(14)15/h3-4,8-9H,5-7H2,1-2H3,(H,14,15). The highest BCUT2D eigenvalue weighted by Gasteiger charge is 2.26. The number of carbonyl (C=O) groups is 1. The first-order chi connectivity index (χ1) is 7.56. The molecule has 1 fully saturated rings. The van der Waals surface area contributed by atoms with Gasteiger partial charge in [0.2, 0.25) is 0 Å². The predicted octanol–water partition coefficient (Wildman–Crippen LogP) is 2.68. The van der Waals surface area contributed by atoms with Crippen molar-refractivity contribution in [2.24, 2.45) is 5.92 Å². The number of hydrogen-bond donors (Lipinski definition) is 1. The molecule has 0 amide bonds. The van der Waals surface area contributed by atoms with Crippen LogP contribution in [-0.2, 0) is 6.54 Å². The number of hydrogen-bond acceptors (Lipinski definition) is 3. The van der Waals surface area contributed by atoms with Gasteiger partial charge in [-0.25, -0.2) is 4.79 Å². The molecule has 3 nitrogen and oxygen atoms in total. The molecule has 0 spiro atoms. The van der Waals surface area contributed by atoms with Crippen LogP contribution in [0.3, 0.4) is 0 Å². The molecular formula is C12H17NO2S. The van der Waals surface area contributed by atoms with Gasteiger partial charge in [-0.05, 0) is 31.4 Å². The van der Waals surface area contributed by atoms with Gasteiger partial charge in [0.25, 0.3) is 0 Å². The van der Waals surface area contributed by atoms with Crippen LogP contribution in [0.4, 0.5) is 0 Å². The van der Waals surface area contributed by atoms with E-state index in [9.17, 15) is 4.79 Å². The number of nitrogens with zero attached hydrogens (tertiary/aromatic N) is 1. The van der Waals surface area contributed by atoms with E-state index in [1.54, 1.807) is 6.07 Å². The van der Waals surface area contributed by atoms with Gasteiger partial charge >= 0.3 is 5.97 Å². The summed E-state index contributed by atoms with van der Waals surface area (Å²) in [6.07, 6.45) is 1.25. The second kappa shape index (κ2) is 4.55. The van der Waals surface area contributed by atoms with Crippen molar-refractivity contribution in [3.63, 3.8) is 0 Å². The van der Waals surface area contributed by atoms with Crippen LogP contribution in [0.2, 0.25) is 0 Å². The summed E-state index contributed by atoms with van der Waals surface area (Å²) >= 11 is 1.39. The zero-order valence-electron chi connectivity index (χ0n) is 9.64. The molecular weight excluding hydrogens is 222 g/mol. The van der Waals surface area contributed by atoms with Crippen LogP contribution in [0, 0.1) is 5.92 Å². The molecule has 0 radical (unpaired) electrons. The van der Waals surface area contributed by atoms with E-state index >= 15 is 0 Å². The SMILES string of the molecule is CC1CC(C)N(Cc2ccc(C(=O)O)s2)C1. The van der Waals surface area contributed by atoms with Gasteiger partial charge in [0.15, 0.2) is 0 Å². The van der Waals surface area contributed by atoms with Crippen LogP contribution >= 0.6 is 11.3 Å². The molecule has 0 bridgehead atoms. The van der Waals surface area contributed by atoms with Crippen LogP contribution in [0.1, 0.15) is 34.8 Å². The minimum Gasteiger partial charge on any atom is -0.477 e. The average Bonchev–Trinajstić information content (AvgIpc) is 2.75. The van der Waals surface area contributed by atoms with Gasteiger partial charge in [0.1, 0.15) is 4.88 Å². The third-order valence-corrected chi connectivity index (χ3v) is 4.20. The second-order valence-corrected chi connectivity index (χ2v) is 5.86. The van der Waals surface area contributed by atoms with Gasteiger partial charge in [-0.1, -0.05) is 6.92 Å². The molecule has 0 saturated carbocycles. The molecule has 1 aromatic rings. The monoisotopic (exact) mass is 239 g/mol. The van der Waals surface area contributed by atoms with Gasteiger partial charge in [-0.15, -0.1) is 11.3 Å². The molecule has 2 heterocycles. The first-order valence-electron chi connectivity index (χ1n) is 5.62. The highest BCUT2D eigenvalue weighted by atomic mass is 32.1. The summed E-state index contributed by atoms with van der Waals surface area (Å²) in [7, 11) is 0. The number of aromatic carboxylic acids is 1. The highest BCUT2D eigenvalue weighted by Crippen LogP contribution is 2.26. The van der Waals surface area contributed by atoms with E-state index in [-0.39, 0.29) is 0 Å². The van der Waals surface area contributed by atoms with Crippen LogP contribution in [-0.4, -0.2) is 28.6 Å². The fourth-order valence-corrected chi connectivity index (χ4v) is 3.26. The molecule has 88 valence electrons. The Hall–Kier alpha value is -0.870. The summed E-state index contributed by atoms with van der Waals surface area (Å²) in [5.74, 6) is -0.0620. The Morgan fingerprint density at radius 1 is 1.56 bits per heavy atom. The summed E-state index contributed by atoms with van der Waals surface area (Å²) in [6.45, 7) is 6.54. The van der Waals surface area contributed by atoms with Crippen LogP contribution < -0.4 is 0 Å². The van der Waals surface area contributed by atoms with E-state index in [1.807, 2.05) is 6.07 Å². The van der Waals surface area contributed by atoms with Crippen molar-refractivity contribution in [2.75, 3.05) is 6.54 Å². The van der Waals surface area contributed by atoms with Crippen LogP contribution in [0.15, 0.2) is 12.1 Å². The molecule has 4 heteroatoms. The van der Waals surface area contributed by atoms with E-state index in [4.69, 9.17) is 5.11 Å². The minimum absolute atomic E-state index is 0.440. The fourth-order valence-electron chi connectivity index (χ4n) is 2.38. The fraction of sp³-hybridized carbons (Fsp3) is 0.583. The summed E-state index contributed by atoms with van der Waals surface area (Å²) < 4.78 is 0. The first-order valence-corrected chi connectivity index (χ1v) is 6.44. The molecule has 1 saturated heterocycles. The Morgan fingerprint density at radius 3 is 2.81 bits per heavy atom. The zero-order chi connectivity index (χ0) is 11.7. The molecule has 16 heavy (non-hydrogen) atoms. The Balaban J connectivity index is 2.01. The van der Waals surface area contributed by atoms with Crippen molar-refractivity contribution in [1.82, 2.24) is 4.90 Å². The van der Waals surface area contributed by atoms with Crippen molar-refractivity contribution >= 4 is 17.3 Å². The summed E-state index contributed by atoms with van der Waals surface area (Å²) in [5, 5.41) is 8.85. The van der Waals surface area contributed by atoms with Gasteiger partial charge in [-0.2, -0.15) is 0 Å². The lowest BCUT2D eigenvalue weighted by Gasteiger charge is -2.19. The van der Waals surface area contributed by atoms with Gasteiger partial charge in [0.05, 0.1) is 0 Å². The van der Waals surface area contributed by atoms with E-state index in [1.165, 1.54) is 17.8 Å². The molecule has 1 aromatic heterocycles. The Bertz CT molecular complexity index is 388. The van der Waals surface area contributed by atoms with Crippen molar-refractivity contribution in [3.05, 3.63) is 21.9 Å². The predicted molar refractivity (Wildman–Crippen MR) is 64.9 cm³/mol. The van der Waals surface area contributed by atoms with E-state index in [0.717, 1.165) is 23.9 Å². The lowest BCUT2D eigenvalue weighted by Crippen LogP contribution is -2.26. The van der Waals surface area contributed by atoms with Crippen molar-refractivity contribution in [3.8, 4) is 0 Å². The van der Waals surface area contributed by atoms with E-state index in [2.05, 4.69) is 18.7 Å². The lowest BCUT2D eigenvalue weighted by atomic mass is 10.1. The first kappa shape index (κ1) is 11.6. The molecule has 2 atom stereocenters. The molecule has 1 aliphatic rings. The minimum atomic E-state index is -0.820. The Morgan fingerprint density at radius 2 is 2.31 bits per heavy atom. The Kier molecular flexibility index (Phi) is 3.30. The van der Waals surface area contributed by atoms with E-state index < -0.39 is 5.97 Å². The maximum Gasteiger partial charge on any atom is 0.345 e. The smallest absolute Gasteiger partial charge is 0.345 e. The van der Waals surface area contributed by atoms with E-state index in [0.29, 0.717) is 10.9 Å². The molecule has 0 aromatic carbocycles. The van der Waals surface area contributed by atoms with Crippen molar-refractivity contribution in [2.45, 2.75) is 32.9 Å². The molecule has 2 rings (SSSR count). The summed E-state index contributed by atoms with van der Waals surface area (Å²) in [4.78, 5) is 14.8. The van der Waals surface area contributed by atoms with Crippen molar-refractivity contribution in [1.29, 1.82) is 0 Å². The molecule has 1 aliphatic heterocycles. The van der Waals surface area contributed by atoms with Gasteiger partial charge in [0, 0.05) is 24.0 Å². The normalized spacial score (nSPS) is 26.1.